The second-order valence-electron chi connectivity index (χ2n) is 5.04. The zero-order valence-electron chi connectivity index (χ0n) is 11.3. The van der Waals surface area contributed by atoms with E-state index in [2.05, 4.69) is 28.8 Å². The number of thioether (sulfide) groups is 1. The summed E-state index contributed by atoms with van der Waals surface area (Å²) in [6.45, 7) is 5.16. The number of hydrogen-bond acceptors (Lipinski definition) is 3. The molecule has 1 unspecified atom stereocenters. The third-order valence-electron chi connectivity index (χ3n) is 3.67. The minimum Gasteiger partial charge on any atom is -0.370 e. The van der Waals surface area contributed by atoms with Crippen LogP contribution in [0.5, 0.6) is 0 Å². The molecule has 1 aliphatic carbocycles. The molecule has 0 aromatic heterocycles. The average molecular weight is 384 g/mol. The van der Waals surface area contributed by atoms with E-state index in [1.165, 1.54) is 24.3 Å². The molecule has 1 aliphatic heterocycles. The van der Waals surface area contributed by atoms with Crippen molar-refractivity contribution in [2.45, 2.75) is 31.8 Å². The fourth-order valence-corrected chi connectivity index (χ4v) is 2.99. The summed E-state index contributed by atoms with van der Waals surface area (Å²) in [5, 5.41) is 0. The normalized spacial score (nSPS) is 22.8. The monoisotopic (exact) mass is 384 g/mol. The fourth-order valence-electron chi connectivity index (χ4n) is 2.09. The van der Waals surface area contributed by atoms with E-state index in [1.54, 1.807) is 0 Å². The first kappa shape index (κ1) is 16.4. The van der Waals surface area contributed by atoms with Gasteiger partial charge in [-0.1, -0.05) is 0 Å². The van der Waals surface area contributed by atoms with Gasteiger partial charge in [0, 0.05) is 36.7 Å². The predicted molar refractivity (Wildman–Crippen MR) is 91.0 cm³/mol. The number of guanidine groups is 1. The van der Waals surface area contributed by atoms with Gasteiger partial charge < -0.3 is 10.6 Å². The third kappa shape index (κ3) is 4.77. The van der Waals surface area contributed by atoms with Crippen molar-refractivity contribution in [1.82, 2.24) is 9.80 Å². The number of halogens is 1. The molecule has 2 fully saturated rings. The molecule has 0 amide bonds. The molecule has 18 heavy (non-hydrogen) atoms. The molecular formula is C12H25IN4S. The number of aliphatic imine (C=N–C) groups is 1. The van der Waals surface area contributed by atoms with Crippen molar-refractivity contribution >= 4 is 41.7 Å². The van der Waals surface area contributed by atoms with Crippen molar-refractivity contribution in [2.75, 3.05) is 38.2 Å². The van der Waals surface area contributed by atoms with E-state index in [9.17, 15) is 0 Å². The number of nitrogens with zero attached hydrogens (tertiary/aromatic N) is 3. The molecule has 1 saturated heterocycles. The number of rotatable bonds is 4. The van der Waals surface area contributed by atoms with Crippen molar-refractivity contribution in [3.63, 3.8) is 0 Å². The molecule has 0 radical (unpaired) electrons. The number of likely N-dealkylation sites (N-methyl/N-ethyl adjacent to an activating group) is 1. The van der Waals surface area contributed by atoms with Crippen LogP contribution in [-0.2, 0) is 0 Å². The van der Waals surface area contributed by atoms with E-state index in [-0.39, 0.29) is 24.0 Å². The zero-order chi connectivity index (χ0) is 12.3. The first-order chi connectivity index (χ1) is 8.18. The Morgan fingerprint density at radius 1 is 1.44 bits per heavy atom. The van der Waals surface area contributed by atoms with E-state index < -0.39 is 0 Å². The molecule has 2 N–H and O–H groups in total. The van der Waals surface area contributed by atoms with Gasteiger partial charge in [0.1, 0.15) is 0 Å². The van der Waals surface area contributed by atoms with Crippen LogP contribution in [0.1, 0.15) is 19.8 Å². The highest BCUT2D eigenvalue weighted by Gasteiger charge is 2.28. The number of nitrogens with two attached hydrogens (primary N) is 1. The van der Waals surface area contributed by atoms with Gasteiger partial charge in [-0.2, -0.15) is 11.8 Å². The van der Waals surface area contributed by atoms with Crippen LogP contribution < -0.4 is 5.73 Å². The lowest BCUT2D eigenvalue weighted by atomic mass is 10.3. The van der Waals surface area contributed by atoms with Gasteiger partial charge in [-0.15, -0.1) is 24.0 Å². The summed E-state index contributed by atoms with van der Waals surface area (Å²) in [5.74, 6) is 3.09. The minimum atomic E-state index is 0. The molecule has 1 saturated carbocycles. The maximum atomic E-state index is 6.04. The standard InChI is InChI=1S/C12H24N4S.HI/c1-10(15(2)11-3-4-11)9-14-12(13)16-5-7-17-8-6-16;/h10-11H,3-9H2,1-2H3,(H2,13,14);1H. The lowest BCUT2D eigenvalue weighted by Crippen LogP contribution is -2.43. The molecule has 0 bridgehead atoms. The smallest absolute Gasteiger partial charge is 0.191 e. The Morgan fingerprint density at radius 3 is 2.61 bits per heavy atom. The molecule has 0 spiro atoms. The van der Waals surface area contributed by atoms with E-state index >= 15 is 0 Å². The van der Waals surface area contributed by atoms with E-state index in [4.69, 9.17) is 5.73 Å². The summed E-state index contributed by atoms with van der Waals surface area (Å²) >= 11 is 2.00. The first-order valence-corrected chi connectivity index (χ1v) is 7.68. The molecule has 2 rings (SSSR count). The Morgan fingerprint density at radius 2 is 2.06 bits per heavy atom. The second-order valence-corrected chi connectivity index (χ2v) is 6.27. The largest absolute Gasteiger partial charge is 0.370 e. The molecule has 1 heterocycles. The van der Waals surface area contributed by atoms with Crippen LogP contribution in [0.2, 0.25) is 0 Å². The second kappa shape index (κ2) is 7.79. The van der Waals surface area contributed by atoms with Gasteiger partial charge in [0.25, 0.3) is 0 Å². The quantitative estimate of drug-likeness (QED) is 0.453. The Bertz CT molecular complexity index is 277. The summed E-state index contributed by atoms with van der Waals surface area (Å²) < 4.78 is 0. The third-order valence-corrected chi connectivity index (χ3v) is 4.61. The SMILES string of the molecule is CC(CN=C(N)N1CCSCC1)N(C)C1CC1.I. The Labute approximate surface area is 132 Å². The first-order valence-electron chi connectivity index (χ1n) is 6.53. The average Bonchev–Trinajstić information content (AvgIpc) is 3.20. The highest BCUT2D eigenvalue weighted by Crippen LogP contribution is 2.26. The fraction of sp³-hybridized carbons (Fsp3) is 0.917. The van der Waals surface area contributed by atoms with E-state index in [0.29, 0.717) is 6.04 Å². The highest BCUT2D eigenvalue weighted by atomic mass is 127. The summed E-state index contributed by atoms with van der Waals surface area (Å²) in [5.41, 5.74) is 6.04. The van der Waals surface area contributed by atoms with E-state index in [1.807, 2.05) is 11.8 Å². The Hall–Kier alpha value is 0.310. The molecule has 106 valence electrons. The summed E-state index contributed by atoms with van der Waals surface area (Å²) in [6, 6.07) is 1.30. The van der Waals surface area contributed by atoms with Gasteiger partial charge in [0.15, 0.2) is 5.96 Å². The van der Waals surface area contributed by atoms with Crippen LogP contribution in [0.4, 0.5) is 0 Å². The van der Waals surface area contributed by atoms with Crippen LogP contribution in [0.3, 0.4) is 0 Å². The molecule has 6 heteroatoms. The van der Waals surface area contributed by atoms with Crippen LogP contribution in [0.25, 0.3) is 0 Å². The maximum absolute atomic E-state index is 6.04. The molecule has 0 aromatic rings. The van der Waals surface area contributed by atoms with Crippen molar-refractivity contribution in [2.24, 2.45) is 10.7 Å². The van der Waals surface area contributed by atoms with E-state index in [0.717, 1.165) is 31.6 Å². The van der Waals surface area contributed by atoms with Crippen LogP contribution in [0.15, 0.2) is 4.99 Å². The maximum Gasteiger partial charge on any atom is 0.191 e. The summed E-state index contributed by atoms with van der Waals surface area (Å²) in [6.07, 6.45) is 2.70. The Balaban J connectivity index is 0.00000162. The van der Waals surface area contributed by atoms with Crippen molar-refractivity contribution in [3.8, 4) is 0 Å². The minimum absolute atomic E-state index is 0. The Kier molecular flexibility index (Phi) is 7.08. The summed E-state index contributed by atoms with van der Waals surface area (Å²) in [7, 11) is 2.20. The van der Waals surface area contributed by atoms with Crippen molar-refractivity contribution in [3.05, 3.63) is 0 Å². The van der Waals surface area contributed by atoms with Gasteiger partial charge in [0.2, 0.25) is 0 Å². The molecule has 1 atom stereocenters. The van der Waals surface area contributed by atoms with Gasteiger partial charge in [0.05, 0.1) is 6.54 Å². The lowest BCUT2D eigenvalue weighted by Gasteiger charge is -2.28. The number of hydrogen-bond donors (Lipinski definition) is 1. The van der Waals surface area contributed by atoms with Crippen molar-refractivity contribution in [1.29, 1.82) is 0 Å². The molecule has 2 aliphatic rings. The van der Waals surface area contributed by atoms with Gasteiger partial charge in [-0.05, 0) is 26.8 Å². The lowest BCUT2D eigenvalue weighted by molar-refractivity contribution is 0.252. The topological polar surface area (TPSA) is 44.9 Å². The van der Waals surface area contributed by atoms with Crippen molar-refractivity contribution < 1.29 is 0 Å². The molecule has 4 nitrogen and oxygen atoms in total. The summed E-state index contributed by atoms with van der Waals surface area (Å²) in [4.78, 5) is 9.19. The van der Waals surface area contributed by atoms with Crippen LogP contribution in [-0.4, -0.2) is 66.0 Å². The zero-order valence-corrected chi connectivity index (χ0v) is 14.5. The van der Waals surface area contributed by atoms with Gasteiger partial charge >= 0.3 is 0 Å². The van der Waals surface area contributed by atoms with Crippen LogP contribution in [0, 0.1) is 0 Å². The molecular weight excluding hydrogens is 359 g/mol. The molecule has 0 aromatic carbocycles. The van der Waals surface area contributed by atoms with Gasteiger partial charge in [-0.25, -0.2) is 0 Å². The highest BCUT2D eigenvalue weighted by molar-refractivity contribution is 14.0. The predicted octanol–water partition coefficient (Wildman–Crippen LogP) is 1.45. The van der Waals surface area contributed by atoms with Gasteiger partial charge in [-0.3, -0.25) is 9.89 Å². The van der Waals surface area contributed by atoms with Crippen LogP contribution >= 0.6 is 35.7 Å².